The molecule has 150 valence electrons. The van der Waals surface area contributed by atoms with Crippen molar-refractivity contribution >= 4 is 30.1 Å². The number of ether oxygens (including phenoxy) is 1. The molecule has 5 atom stereocenters. The maximum atomic E-state index is 13.0. The number of carbonyl (C=O) groups is 3. The molecule has 5 saturated heterocycles. The van der Waals surface area contributed by atoms with Gasteiger partial charge in [0, 0.05) is 19.6 Å². The largest absolute Gasteiger partial charge is 0.373 e. The molecule has 5 rings (SSSR count). The van der Waals surface area contributed by atoms with Gasteiger partial charge in [-0.2, -0.15) is 0 Å². The number of amides is 3. The highest BCUT2D eigenvalue weighted by Crippen LogP contribution is 2.49. The SMILES string of the molecule is CC(C(=O)N1CCC2(CCNC2)CC1)N1C(=O)C2C3CCC(O3)C2C1=O.Cl. The molecule has 0 radical (unpaired) electrons. The summed E-state index contributed by atoms with van der Waals surface area (Å²) in [5.41, 5.74) is 0.340. The maximum Gasteiger partial charge on any atom is 0.245 e. The first-order chi connectivity index (χ1) is 12.5. The molecule has 0 aromatic rings. The summed E-state index contributed by atoms with van der Waals surface area (Å²) in [6.45, 7) is 5.27. The van der Waals surface area contributed by atoms with E-state index in [0.717, 1.165) is 51.9 Å². The lowest BCUT2D eigenvalue weighted by Gasteiger charge is -2.40. The molecule has 0 aliphatic carbocycles. The van der Waals surface area contributed by atoms with Crippen molar-refractivity contribution in [2.24, 2.45) is 17.3 Å². The fourth-order valence-corrected chi connectivity index (χ4v) is 5.92. The molecule has 0 saturated carbocycles. The van der Waals surface area contributed by atoms with Gasteiger partial charge in [-0.25, -0.2) is 0 Å². The predicted octanol–water partition coefficient (Wildman–Crippen LogP) is 0.561. The van der Waals surface area contributed by atoms with Crippen LogP contribution in [0.1, 0.15) is 39.0 Å². The molecular formula is C19H28ClN3O4. The Morgan fingerprint density at radius 1 is 1.11 bits per heavy atom. The monoisotopic (exact) mass is 397 g/mol. The Bertz CT molecular complexity index is 627. The fourth-order valence-electron chi connectivity index (χ4n) is 5.92. The molecule has 1 spiro atoms. The van der Waals surface area contributed by atoms with E-state index in [0.29, 0.717) is 5.41 Å². The van der Waals surface area contributed by atoms with E-state index < -0.39 is 6.04 Å². The van der Waals surface area contributed by atoms with E-state index in [4.69, 9.17) is 4.74 Å². The van der Waals surface area contributed by atoms with Crippen molar-refractivity contribution in [3.8, 4) is 0 Å². The van der Waals surface area contributed by atoms with E-state index in [1.165, 1.54) is 11.3 Å². The quantitative estimate of drug-likeness (QED) is 0.689. The second kappa shape index (κ2) is 6.71. The van der Waals surface area contributed by atoms with Crippen LogP contribution in [-0.4, -0.2) is 72.0 Å². The molecule has 5 aliphatic rings. The van der Waals surface area contributed by atoms with Gasteiger partial charge in [0.2, 0.25) is 17.7 Å². The van der Waals surface area contributed by atoms with Crippen molar-refractivity contribution in [1.82, 2.24) is 15.1 Å². The third kappa shape index (κ3) is 2.73. The topological polar surface area (TPSA) is 79.0 Å². The lowest BCUT2D eigenvalue weighted by atomic mass is 9.78. The first-order valence-corrected chi connectivity index (χ1v) is 10.0. The van der Waals surface area contributed by atoms with Crippen LogP contribution < -0.4 is 5.32 Å². The van der Waals surface area contributed by atoms with Crippen molar-refractivity contribution in [3.63, 3.8) is 0 Å². The Morgan fingerprint density at radius 2 is 1.70 bits per heavy atom. The van der Waals surface area contributed by atoms with Crippen LogP contribution in [0.2, 0.25) is 0 Å². The highest BCUT2D eigenvalue weighted by Gasteiger charge is 2.63. The fraction of sp³-hybridized carbons (Fsp3) is 0.842. The zero-order chi connectivity index (χ0) is 18.1. The molecule has 5 heterocycles. The maximum absolute atomic E-state index is 13.0. The van der Waals surface area contributed by atoms with Crippen molar-refractivity contribution in [2.75, 3.05) is 26.2 Å². The Labute approximate surface area is 165 Å². The molecule has 5 fully saturated rings. The van der Waals surface area contributed by atoms with Crippen LogP contribution in [0, 0.1) is 17.3 Å². The number of imide groups is 1. The number of fused-ring (bicyclic) bond motifs is 5. The van der Waals surface area contributed by atoms with E-state index >= 15 is 0 Å². The van der Waals surface area contributed by atoms with Gasteiger partial charge in [-0.15, -0.1) is 12.4 Å². The summed E-state index contributed by atoms with van der Waals surface area (Å²) in [6, 6.07) is -0.698. The molecule has 0 aromatic heterocycles. The van der Waals surface area contributed by atoms with E-state index in [-0.39, 0.29) is 54.2 Å². The Balaban J connectivity index is 0.00000180. The second-order valence-corrected chi connectivity index (χ2v) is 8.82. The Morgan fingerprint density at radius 3 is 2.22 bits per heavy atom. The standard InChI is InChI=1S/C19H27N3O4.ClH/c1-11(16(23)21-8-5-19(6-9-21)4-7-20-10-19)22-17(24)14-12-2-3-13(26-12)15(14)18(22)25;/h11-15,20H,2-10H2,1H3;1H. The van der Waals surface area contributed by atoms with Crippen LogP contribution in [0.15, 0.2) is 0 Å². The van der Waals surface area contributed by atoms with Crippen LogP contribution in [-0.2, 0) is 19.1 Å². The van der Waals surface area contributed by atoms with Crippen LogP contribution in [0.25, 0.3) is 0 Å². The van der Waals surface area contributed by atoms with Crippen molar-refractivity contribution in [2.45, 2.75) is 57.3 Å². The van der Waals surface area contributed by atoms with Gasteiger partial charge in [-0.05, 0) is 51.0 Å². The minimum atomic E-state index is -0.698. The lowest BCUT2D eigenvalue weighted by molar-refractivity contribution is -0.153. The summed E-state index contributed by atoms with van der Waals surface area (Å²) in [6.07, 6.45) is 4.64. The lowest BCUT2D eigenvalue weighted by Crippen LogP contribution is -2.53. The highest BCUT2D eigenvalue weighted by molar-refractivity contribution is 6.09. The van der Waals surface area contributed by atoms with Gasteiger partial charge in [0.25, 0.3) is 0 Å². The van der Waals surface area contributed by atoms with Crippen LogP contribution in [0.4, 0.5) is 0 Å². The van der Waals surface area contributed by atoms with E-state index in [2.05, 4.69) is 5.32 Å². The van der Waals surface area contributed by atoms with E-state index in [1.54, 1.807) is 6.92 Å². The summed E-state index contributed by atoms with van der Waals surface area (Å²) >= 11 is 0. The molecule has 8 heteroatoms. The second-order valence-electron chi connectivity index (χ2n) is 8.82. The zero-order valence-electron chi connectivity index (χ0n) is 15.7. The Hall–Kier alpha value is -1.18. The minimum Gasteiger partial charge on any atom is -0.373 e. The number of hydrogen-bond donors (Lipinski definition) is 1. The number of nitrogens with zero attached hydrogens (tertiary/aromatic N) is 2. The van der Waals surface area contributed by atoms with Gasteiger partial charge in [-0.1, -0.05) is 0 Å². The zero-order valence-corrected chi connectivity index (χ0v) is 16.5. The van der Waals surface area contributed by atoms with E-state index in [9.17, 15) is 14.4 Å². The molecule has 27 heavy (non-hydrogen) atoms. The number of halogens is 1. The van der Waals surface area contributed by atoms with Gasteiger partial charge in [-0.3, -0.25) is 19.3 Å². The van der Waals surface area contributed by atoms with Gasteiger partial charge in [0.05, 0.1) is 24.0 Å². The smallest absolute Gasteiger partial charge is 0.245 e. The summed E-state index contributed by atoms with van der Waals surface area (Å²) in [4.78, 5) is 41.9. The minimum absolute atomic E-state index is 0. The van der Waals surface area contributed by atoms with Crippen LogP contribution in [0.3, 0.4) is 0 Å². The molecule has 1 N–H and O–H groups in total. The van der Waals surface area contributed by atoms with Gasteiger partial charge >= 0.3 is 0 Å². The molecule has 0 aromatic carbocycles. The molecule has 2 bridgehead atoms. The number of piperidine rings is 1. The molecular weight excluding hydrogens is 370 g/mol. The van der Waals surface area contributed by atoms with Gasteiger partial charge in [0.1, 0.15) is 6.04 Å². The molecule has 7 nitrogen and oxygen atoms in total. The number of nitrogens with one attached hydrogen (secondary N) is 1. The predicted molar refractivity (Wildman–Crippen MR) is 99.2 cm³/mol. The average Bonchev–Trinajstić information content (AvgIpc) is 3.40. The summed E-state index contributed by atoms with van der Waals surface area (Å²) in [5.74, 6) is -1.18. The average molecular weight is 398 g/mol. The molecule has 5 aliphatic heterocycles. The third-order valence-electron chi connectivity index (χ3n) is 7.53. The number of rotatable bonds is 2. The summed E-state index contributed by atoms with van der Waals surface area (Å²) in [7, 11) is 0. The normalized spacial score (nSPS) is 37.7. The number of carbonyl (C=O) groups excluding carboxylic acids is 3. The molecule has 3 amide bonds. The van der Waals surface area contributed by atoms with Crippen molar-refractivity contribution < 1.29 is 19.1 Å². The van der Waals surface area contributed by atoms with Gasteiger partial charge in [0.15, 0.2) is 0 Å². The molecule has 5 unspecified atom stereocenters. The van der Waals surface area contributed by atoms with E-state index in [1.807, 2.05) is 4.90 Å². The first kappa shape index (κ1) is 19.2. The first-order valence-electron chi connectivity index (χ1n) is 10.0. The number of likely N-dealkylation sites (tertiary alicyclic amines) is 2. The van der Waals surface area contributed by atoms with Crippen LogP contribution >= 0.6 is 12.4 Å². The Kier molecular flexibility index (Phi) is 4.76. The van der Waals surface area contributed by atoms with Crippen molar-refractivity contribution in [1.29, 1.82) is 0 Å². The summed E-state index contributed by atoms with van der Waals surface area (Å²) < 4.78 is 5.77. The van der Waals surface area contributed by atoms with Gasteiger partial charge < -0.3 is 15.0 Å². The summed E-state index contributed by atoms with van der Waals surface area (Å²) in [5, 5.41) is 3.43. The number of hydrogen-bond acceptors (Lipinski definition) is 5. The third-order valence-corrected chi connectivity index (χ3v) is 7.53. The van der Waals surface area contributed by atoms with Crippen molar-refractivity contribution in [3.05, 3.63) is 0 Å². The highest BCUT2D eigenvalue weighted by atomic mass is 35.5. The van der Waals surface area contributed by atoms with Crippen LogP contribution in [0.5, 0.6) is 0 Å².